The van der Waals surface area contributed by atoms with E-state index in [4.69, 9.17) is 4.74 Å². The van der Waals surface area contributed by atoms with Crippen molar-refractivity contribution in [3.8, 4) is 5.75 Å². The standard InChI is InChI=1S/C22H33N3O/c1-16-4-6-19(7-5-16)14-25-20(15-24-17(2)13-23-22(24)25)12-18-8-10-21(26-3)11-9-18/h8-11,16-17,19-20H,4-7,12-15H2,1-3H3/p+1/t16?,17-,19?,20-/m0/s1. The van der Waals surface area contributed by atoms with Gasteiger partial charge in [-0.2, -0.15) is 0 Å². The lowest BCUT2D eigenvalue weighted by atomic mass is 9.83. The van der Waals surface area contributed by atoms with E-state index in [1.54, 1.807) is 7.11 Å². The van der Waals surface area contributed by atoms with E-state index < -0.39 is 0 Å². The number of rotatable bonds is 5. The van der Waals surface area contributed by atoms with E-state index in [1.807, 2.05) is 0 Å². The number of methoxy groups -OCH3 is 1. The summed E-state index contributed by atoms with van der Waals surface area (Å²) in [5.74, 6) is 4.12. The zero-order valence-corrected chi connectivity index (χ0v) is 16.6. The van der Waals surface area contributed by atoms with E-state index in [1.165, 1.54) is 43.8 Å². The highest BCUT2D eigenvalue weighted by Crippen LogP contribution is 2.30. The number of hydrogen-bond acceptors (Lipinski definition) is 3. The van der Waals surface area contributed by atoms with Gasteiger partial charge in [-0.25, -0.2) is 0 Å². The number of hydrogen-bond donors (Lipinski definition) is 1. The Morgan fingerprint density at radius 3 is 2.54 bits per heavy atom. The molecule has 2 heterocycles. The summed E-state index contributed by atoms with van der Waals surface area (Å²) >= 11 is 0. The maximum absolute atomic E-state index is 5.31. The monoisotopic (exact) mass is 356 g/mol. The van der Waals surface area contributed by atoms with Gasteiger partial charge < -0.3 is 4.74 Å². The zero-order chi connectivity index (χ0) is 18.1. The fraction of sp³-hybridized carbons (Fsp3) is 0.682. The van der Waals surface area contributed by atoms with Crippen molar-refractivity contribution in [1.82, 2.24) is 10.2 Å². The third-order valence-electron chi connectivity index (χ3n) is 6.70. The van der Waals surface area contributed by atoms with Crippen LogP contribution in [0.15, 0.2) is 24.3 Å². The Balaban J connectivity index is 1.50. The third kappa shape index (κ3) is 3.56. The molecule has 4 heteroatoms. The molecule has 0 bridgehead atoms. The highest BCUT2D eigenvalue weighted by molar-refractivity contribution is 5.78. The molecule has 1 N–H and O–H groups in total. The molecular weight excluding hydrogens is 322 g/mol. The molecule has 26 heavy (non-hydrogen) atoms. The first-order valence-electron chi connectivity index (χ1n) is 10.4. The summed E-state index contributed by atoms with van der Waals surface area (Å²) in [7, 11) is 1.73. The number of guanidine groups is 1. The van der Waals surface area contributed by atoms with Crippen LogP contribution in [0, 0.1) is 11.8 Å². The van der Waals surface area contributed by atoms with Crippen LogP contribution in [0.5, 0.6) is 5.75 Å². The largest absolute Gasteiger partial charge is 0.497 e. The van der Waals surface area contributed by atoms with E-state index >= 15 is 0 Å². The molecule has 0 spiro atoms. The fourth-order valence-electron chi connectivity index (χ4n) is 4.92. The molecule has 0 aromatic heterocycles. The van der Waals surface area contributed by atoms with Gasteiger partial charge >= 0.3 is 5.96 Å². The summed E-state index contributed by atoms with van der Waals surface area (Å²) in [5, 5.41) is 3.70. The van der Waals surface area contributed by atoms with Crippen LogP contribution in [0.1, 0.15) is 45.1 Å². The van der Waals surface area contributed by atoms with Gasteiger partial charge in [-0.15, -0.1) is 0 Å². The SMILES string of the molecule is COc1ccc(C[C@H]2CN3C(=[N+]2CC2CCC(C)CC2)NC[C@@H]3C)cc1. The molecule has 2 atom stereocenters. The number of nitrogens with zero attached hydrogens (tertiary/aromatic N) is 2. The molecule has 1 aromatic rings. The second-order valence-corrected chi connectivity index (χ2v) is 8.69. The van der Waals surface area contributed by atoms with Crippen molar-refractivity contribution in [2.45, 2.75) is 58.0 Å². The Kier molecular flexibility index (Phi) is 5.10. The normalized spacial score (nSPS) is 31.1. The topological polar surface area (TPSA) is 27.5 Å². The second kappa shape index (κ2) is 7.50. The summed E-state index contributed by atoms with van der Waals surface area (Å²) in [5.41, 5.74) is 1.41. The summed E-state index contributed by atoms with van der Waals surface area (Å²) < 4.78 is 8.01. The molecule has 4 rings (SSSR count). The Hall–Kier alpha value is -1.71. The van der Waals surface area contributed by atoms with Crippen molar-refractivity contribution < 1.29 is 9.31 Å². The van der Waals surface area contributed by atoms with E-state index in [9.17, 15) is 0 Å². The lowest BCUT2D eigenvalue weighted by Gasteiger charge is -2.27. The van der Waals surface area contributed by atoms with Crippen LogP contribution in [0.25, 0.3) is 0 Å². The maximum Gasteiger partial charge on any atom is 0.349 e. The minimum absolute atomic E-state index is 0.577. The molecule has 2 aliphatic heterocycles. The molecule has 1 aromatic carbocycles. The van der Waals surface area contributed by atoms with Crippen molar-refractivity contribution in [3.63, 3.8) is 0 Å². The van der Waals surface area contributed by atoms with Gasteiger partial charge in [0, 0.05) is 6.42 Å². The zero-order valence-electron chi connectivity index (χ0n) is 16.6. The first kappa shape index (κ1) is 17.7. The summed E-state index contributed by atoms with van der Waals surface area (Å²) in [6, 6.07) is 9.82. The average molecular weight is 357 g/mol. The molecule has 1 aliphatic carbocycles. The third-order valence-corrected chi connectivity index (χ3v) is 6.70. The molecule has 0 radical (unpaired) electrons. The minimum atomic E-state index is 0.577. The number of nitrogens with one attached hydrogen (secondary N) is 1. The van der Waals surface area contributed by atoms with Crippen LogP contribution >= 0.6 is 0 Å². The van der Waals surface area contributed by atoms with Gasteiger partial charge in [0.05, 0.1) is 20.2 Å². The van der Waals surface area contributed by atoms with Gasteiger partial charge in [0.2, 0.25) is 0 Å². The number of fused-ring (bicyclic) bond motifs is 1. The lowest BCUT2D eigenvalue weighted by molar-refractivity contribution is -0.564. The molecule has 1 saturated carbocycles. The molecule has 142 valence electrons. The van der Waals surface area contributed by atoms with Crippen molar-refractivity contribution in [2.75, 3.05) is 26.7 Å². The molecular formula is C22H34N3O+. The van der Waals surface area contributed by atoms with Crippen LogP contribution in [0.4, 0.5) is 0 Å². The molecule has 3 aliphatic rings. The van der Waals surface area contributed by atoms with Crippen LogP contribution in [-0.4, -0.2) is 54.3 Å². The molecule has 2 fully saturated rings. The summed E-state index contributed by atoms with van der Waals surface area (Å²) in [6.45, 7) is 8.21. The number of ether oxygens (including phenoxy) is 1. The van der Waals surface area contributed by atoms with Gasteiger partial charge in [-0.05, 0) is 49.3 Å². The maximum atomic E-state index is 5.31. The van der Waals surface area contributed by atoms with Gasteiger partial charge in [-0.1, -0.05) is 31.9 Å². The Morgan fingerprint density at radius 1 is 1.12 bits per heavy atom. The molecule has 4 nitrogen and oxygen atoms in total. The Morgan fingerprint density at radius 2 is 1.85 bits per heavy atom. The highest BCUT2D eigenvalue weighted by Gasteiger charge is 2.45. The Bertz CT molecular complexity index is 646. The van der Waals surface area contributed by atoms with Crippen LogP contribution in [-0.2, 0) is 6.42 Å². The second-order valence-electron chi connectivity index (χ2n) is 8.69. The van der Waals surface area contributed by atoms with Gasteiger partial charge in [0.25, 0.3) is 0 Å². The fourth-order valence-corrected chi connectivity index (χ4v) is 4.92. The summed E-state index contributed by atoms with van der Waals surface area (Å²) in [4.78, 5) is 2.60. The first-order valence-corrected chi connectivity index (χ1v) is 10.4. The van der Waals surface area contributed by atoms with E-state index in [0.717, 1.165) is 37.1 Å². The van der Waals surface area contributed by atoms with Crippen molar-refractivity contribution in [3.05, 3.63) is 29.8 Å². The van der Waals surface area contributed by atoms with Crippen molar-refractivity contribution in [1.29, 1.82) is 0 Å². The smallest absolute Gasteiger partial charge is 0.349 e. The minimum Gasteiger partial charge on any atom is -0.497 e. The predicted molar refractivity (Wildman–Crippen MR) is 106 cm³/mol. The lowest BCUT2D eigenvalue weighted by Crippen LogP contribution is -2.37. The highest BCUT2D eigenvalue weighted by atomic mass is 16.5. The average Bonchev–Trinajstić information content (AvgIpc) is 3.18. The molecule has 0 amide bonds. The predicted octanol–water partition coefficient (Wildman–Crippen LogP) is 3.11. The molecule has 1 saturated heterocycles. The van der Waals surface area contributed by atoms with Gasteiger partial charge in [0.15, 0.2) is 0 Å². The Labute approximate surface area is 158 Å². The van der Waals surface area contributed by atoms with Crippen molar-refractivity contribution in [2.24, 2.45) is 11.8 Å². The van der Waals surface area contributed by atoms with E-state index in [-0.39, 0.29) is 0 Å². The van der Waals surface area contributed by atoms with Gasteiger partial charge in [-0.3, -0.25) is 14.8 Å². The van der Waals surface area contributed by atoms with Crippen molar-refractivity contribution >= 4 is 5.96 Å². The first-order chi connectivity index (χ1) is 12.6. The summed E-state index contributed by atoms with van der Waals surface area (Å²) in [6.07, 6.45) is 6.72. The van der Waals surface area contributed by atoms with Crippen LogP contribution < -0.4 is 10.1 Å². The van der Waals surface area contributed by atoms with E-state index in [2.05, 4.69) is 52.9 Å². The van der Waals surface area contributed by atoms with Gasteiger partial charge in [0.1, 0.15) is 24.4 Å². The number of benzene rings is 1. The van der Waals surface area contributed by atoms with Crippen LogP contribution in [0.2, 0.25) is 0 Å². The van der Waals surface area contributed by atoms with Crippen LogP contribution in [0.3, 0.4) is 0 Å². The quantitative estimate of drug-likeness (QED) is 0.822. The molecule has 0 unspecified atom stereocenters. The van der Waals surface area contributed by atoms with E-state index in [0.29, 0.717) is 12.1 Å².